The van der Waals surface area contributed by atoms with E-state index in [4.69, 9.17) is 0 Å². The molecular formula is C15H23NO3S. The molecule has 0 bridgehead atoms. The van der Waals surface area contributed by atoms with E-state index in [-0.39, 0.29) is 12.0 Å². The molecule has 1 saturated heterocycles. The summed E-state index contributed by atoms with van der Waals surface area (Å²) < 4.78 is 26.4. The number of nitrogens with zero attached hydrogens (tertiary/aromatic N) is 1. The van der Waals surface area contributed by atoms with Crippen LogP contribution < -0.4 is 0 Å². The summed E-state index contributed by atoms with van der Waals surface area (Å²) in [5.41, 5.74) is 1.11. The highest BCUT2D eigenvalue weighted by Crippen LogP contribution is 2.25. The molecule has 0 radical (unpaired) electrons. The van der Waals surface area contributed by atoms with Gasteiger partial charge >= 0.3 is 0 Å². The van der Waals surface area contributed by atoms with Crippen molar-refractivity contribution in [3.8, 4) is 0 Å². The molecule has 1 atom stereocenters. The Bertz CT molecular complexity index is 558. The maximum absolute atomic E-state index is 12.5. The van der Waals surface area contributed by atoms with Gasteiger partial charge in [-0.1, -0.05) is 32.9 Å². The third-order valence-corrected chi connectivity index (χ3v) is 5.60. The van der Waals surface area contributed by atoms with Crippen LogP contribution in [0.5, 0.6) is 0 Å². The number of hydrogen-bond acceptors (Lipinski definition) is 3. The van der Waals surface area contributed by atoms with Gasteiger partial charge in [-0.25, -0.2) is 8.42 Å². The van der Waals surface area contributed by atoms with E-state index in [1.165, 1.54) is 4.31 Å². The van der Waals surface area contributed by atoms with E-state index in [0.717, 1.165) is 5.56 Å². The number of benzene rings is 1. The Morgan fingerprint density at radius 1 is 1.20 bits per heavy atom. The van der Waals surface area contributed by atoms with E-state index in [0.29, 0.717) is 24.3 Å². The first-order chi connectivity index (χ1) is 9.21. The van der Waals surface area contributed by atoms with E-state index in [9.17, 15) is 13.5 Å². The Morgan fingerprint density at radius 2 is 1.80 bits per heavy atom. The first-order valence-electron chi connectivity index (χ1n) is 7.00. The van der Waals surface area contributed by atoms with Crippen LogP contribution in [0.4, 0.5) is 0 Å². The summed E-state index contributed by atoms with van der Waals surface area (Å²) in [6.07, 6.45) is 0.836. The van der Waals surface area contributed by atoms with E-state index in [1.807, 2.05) is 12.1 Å². The minimum Gasteiger partial charge on any atom is -0.392 e. The molecule has 1 aromatic rings. The summed E-state index contributed by atoms with van der Waals surface area (Å²) in [5.74, 6) is 0. The van der Waals surface area contributed by atoms with Crippen LogP contribution in [0.2, 0.25) is 0 Å². The first kappa shape index (κ1) is 15.5. The summed E-state index contributed by atoms with van der Waals surface area (Å²) in [4.78, 5) is 0.305. The molecule has 1 aliphatic heterocycles. The maximum Gasteiger partial charge on any atom is 0.243 e. The number of sulfonamides is 1. The maximum atomic E-state index is 12.5. The van der Waals surface area contributed by atoms with Crippen LogP contribution in [0.25, 0.3) is 0 Å². The number of hydrogen-bond donors (Lipinski definition) is 1. The fraction of sp³-hybridized carbons (Fsp3) is 0.600. The summed E-state index contributed by atoms with van der Waals surface area (Å²) in [6, 6.07) is 7.06. The Morgan fingerprint density at radius 3 is 2.30 bits per heavy atom. The van der Waals surface area contributed by atoms with Gasteiger partial charge in [0.15, 0.2) is 0 Å². The lowest BCUT2D eigenvalue weighted by atomic mass is 9.87. The van der Waals surface area contributed by atoms with Crippen molar-refractivity contribution in [2.75, 3.05) is 13.1 Å². The Hall–Kier alpha value is -0.910. The molecule has 1 heterocycles. The van der Waals surface area contributed by atoms with Gasteiger partial charge in [0.1, 0.15) is 0 Å². The van der Waals surface area contributed by atoms with E-state index >= 15 is 0 Å². The van der Waals surface area contributed by atoms with Gasteiger partial charge in [0.2, 0.25) is 10.0 Å². The molecule has 0 amide bonds. The molecule has 5 heteroatoms. The van der Waals surface area contributed by atoms with Crippen LogP contribution in [0.1, 0.15) is 39.2 Å². The van der Waals surface area contributed by atoms with Gasteiger partial charge in [-0.15, -0.1) is 0 Å². The van der Waals surface area contributed by atoms with Gasteiger partial charge in [-0.2, -0.15) is 4.31 Å². The zero-order valence-electron chi connectivity index (χ0n) is 12.3. The van der Waals surface area contributed by atoms with Crippen LogP contribution >= 0.6 is 0 Å². The molecule has 2 rings (SSSR count). The van der Waals surface area contributed by atoms with E-state index in [2.05, 4.69) is 20.8 Å². The van der Waals surface area contributed by atoms with Crippen molar-refractivity contribution in [1.29, 1.82) is 0 Å². The standard InChI is InChI=1S/C15H23NO3S/c1-15(2,3)12-6-8-14(9-7-12)20(18,19)16-10-4-5-13(17)11-16/h6-9,13,17H,4-5,10-11H2,1-3H3/t13-/m0/s1. The fourth-order valence-corrected chi connectivity index (χ4v) is 3.93. The van der Waals surface area contributed by atoms with Gasteiger partial charge in [0.05, 0.1) is 11.0 Å². The highest BCUT2D eigenvalue weighted by Gasteiger charge is 2.29. The predicted octanol–water partition coefficient (Wildman–Crippen LogP) is 2.13. The summed E-state index contributed by atoms with van der Waals surface area (Å²) >= 11 is 0. The molecule has 1 N–H and O–H groups in total. The molecular weight excluding hydrogens is 274 g/mol. The van der Waals surface area contributed by atoms with Crippen molar-refractivity contribution in [3.63, 3.8) is 0 Å². The van der Waals surface area contributed by atoms with Crippen molar-refractivity contribution in [3.05, 3.63) is 29.8 Å². The molecule has 0 saturated carbocycles. The minimum absolute atomic E-state index is 0.00358. The number of aliphatic hydroxyl groups excluding tert-OH is 1. The topological polar surface area (TPSA) is 57.6 Å². The van der Waals surface area contributed by atoms with Gasteiger partial charge < -0.3 is 5.11 Å². The summed E-state index contributed by atoms with van der Waals surface area (Å²) in [5, 5.41) is 9.63. The second-order valence-corrected chi connectivity index (χ2v) is 8.37. The average Bonchev–Trinajstić information content (AvgIpc) is 2.38. The molecule has 0 aliphatic carbocycles. The lowest BCUT2D eigenvalue weighted by molar-refractivity contribution is 0.108. The largest absolute Gasteiger partial charge is 0.392 e. The molecule has 1 aromatic carbocycles. The van der Waals surface area contributed by atoms with Crippen LogP contribution in [0.15, 0.2) is 29.2 Å². The third-order valence-electron chi connectivity index (χ3n) is 3.72. The molecule has 1 aliphatic rings. The molecule has 4 nitrogen and oxygen atoms in total. The van der Waals surface area contributed by atoms with Crippen molar-refractivity contribution in [2.45, 2.75) is 50.0 Å². The van der Waals surface area contributed by atoms with E-state index in [1.54, 1.807) is 12.1 Å². The number of piperidine rings is 1. The number of aliphatic hydroxyl groups is 1. The Labute approximate surface area is 121 Å². The number of rotatable bonds is 2. The quantitative estimate of drug-likeness (QED) is 0.910. The average molecular weight is 297 g/mol. The normalized spacial score (nSPS) is 21.9. The Kier molecular flexibility index (Phi) is 4.23. The monoisotopic (exact) mass is 297 g/mol. The molecule has 0 spiro atoms. The predicted molar refractivity (Wildman–Crippen MR) is 79.1 cm³/mol. The smallest absolute Gasteiger partial charge is 0.243 e. The zero-order valence-corrected chi connectivity index (χ0v) is 13.2. The minimum atomic E-state index is -3.48. The van der Waals surface area contributed by atoms with Crippen LogP contribution in [0, 0.1) is 0 Å². The first-order valence-corrected chi connectivity index (χ1v) is 8.44. The molecule has 0 aromatic heterocycles. The lowest BCUT2D eigenvalue weighted by Gasteiger charge is -2.29. The van der Waals surface area contributed by atoms with Crippen LogP contribution in [0.3, 0.4) is 0 Å². The fourth-order valence-electron chi connectivity index (χ4n) is 2.42. The summed E-state index contributed by atoms with van der Waals surface area (Å²) in [6.45, 7) is 6.97. The molecule has 1 fully saturated rings. The van der Waals surface area contributed by atoms with Gasteiger partial charge in [-0.05, 0) is 36.0 Å². The van der Waals surface area contributed by atoms with Crippen molar-refractivity contribution < 1.29 is 13.5 Å². The molecule has 0 unspecified atom stereocenters. The Balaban J connectivity index is 2.26. The third kappa shape index (κ3) is 3.22. The van der Waals surface area contributed by atoms with Crippen molar-refractivity contribution in [1.82, 2.24) is 4.31 Å². The van der Waals surface area contributed by atoms with Crippen molar-refractivity contribution in [2.24, 2.45) is 0 Å². The van der Waals surface area contributed by atoms with Gasteiger partial charge in [0.25, 0.3) is 0 Å². The second-order valence-electron chi connectivity index (χ2n) is 6.43. The molecule has 20 heavy (non-hydrogen) atoms. The number of β-amino-alcohol motifs (C(OH)–C–C–N with tert-alkyl or cyclic N) is 1. The highest BCUT2D eigenvalue weighted by atomic mass is 32.2. The zero-order chi connectivity index (χ0) is 15.0. The summed E-state index contributed by atoms with van der Waals surface area (Å²) in [7, 11) is -3.48. The van der Waals surface area contributed by atoms with Crippen LogP contribution in [-0.2, 0) is 15.4 Å². The van der Waals surface area contributed by atoms with Crippen molar-refractivity contribution >= 4 is 10.0 Å². The lowest BCUT2D eigenvalue weighted by Crippen LogP contribution is -2.42. The van der Waals surface area contributed by atoms with E-state index < -0.39 is 16.1 Å². The van der Waals surface area contributed by atoms with Gasteiger partial charge in [-0.3, -0.25) is 0 Å². The highest BCUT2D eigenvalue weighted by molar-refractivity contribution is 7.89. The molecule has 112 valence electrons. The second kappa shape index (κ2) is 5.47. The van der Waals surface area contributed by atoms with Gasteiger partial charge in [0, 0.05) is 13.1 Å². The SMILES string of the molecule is CC(C)(C)c1ccc(S(=O)(=O)N2CCC[C@H](O)C2)cc1. The van der Waals surface area contributed by atoms with Crippen LogP contribution in [-0.4, -0.2) is 37.0 Å².